The predicted molar refractivity (Wildman–Crippen MR) is 136 cm³/mol. The molecule has 0 unspecified atom stereocenters. The van der Waals surface area contributed by atoms with Crippen molar-refractivity contribution in [3.63, 3.8) is 0 Å². The van der Waals surface area contributed by atoms with Gasteiger partial charge in [0.2, 0.25) is 0 Å². The fourth-order valence-electron chi connectivity index (χ4n) is 4.79. The van der Waals surface area contributed by atoms with Crippen molar-refractivity contribution in [1.82, 2.24) is 9.47 Å². The molecule has 1 fully saturated rings. The molecule has 6 nitrogen and oxygen atoms in total. The van der Waals surface area contributed by atoms with Gasteiger partial charge in [0.05, 0.1) is 14.2 Å². The summed E-state index contributed by atoms with van der Waals surface area (Å²) < 4.78 is 13.1. The molecule has 3 aromatic carbocycles. The first kappa shape index (κ1) is 22.2. The van der Waals surface area contributed by atoms with Gasteiger partial charge < -0.3 is 24.0 Å². The summed E-state index contributed by atoms with van der Waals surface area (Å²) in [7, 11) is 3.32. The molecule has 1 aliphatic heterocycles. The Kier molecular flexibility index (Phi) is 6.32. The minimum atomic E-state index is 0.380. The van der Waals surface area contributed by atoms with Crippen LogP contribution in [0.2, 0.25) is 0 Å². The minimum absolute atomic E-state index is 0.380. The highest BCUT2D eigenvalue weighted by molar-refractivity contribution is 5.94. The Morgan fingerprint density at radius 3 is 2.35 bits per heavy atom. The van der Waals surface area contributed by atoms with Gasteiger partial charge in [0.25, 0.3) is 0 Å². The first-order valence-corrected chi connectivity index (χ1v) is 11.7. The molecule has 2 heterocycles. The topological polar surface area (TPSA) is 50.1 Å². The number of hydrogen-bond acceptors (Lipinski definition) is 5. The van der Waals surface area contributed by atoms with E-state index in [0.717, 1.165) is 61.9 Å². The van der Waals surface area contributed by atoms with Crippen LogP contribution >= 0.6 is 0 Å². The van der Waals surface area contributed by atoms with Gasteiger partial charge in [0.1, 0.15) is 5.75 Å². The van der Waals surface area contributed by atoms with Crippen LogP contribution in [0.25, 0.3) is 10.8 Å². The maximum atomic E-state index is 10.1. The number of phenols is 1. The van der Waals surface area contributed by atoms with Crippen LogP contribution in [-0.4, -0.2) is 55.0 Å². The maximum Gasteiger partial charge on any atom is 0.161 e. The summed E-state index contributed by atoms with van der Waals surface area (Å²) in [5, 5.41) is 12.6. The van der Waals surface area contributed by atoms with Gasteiger partial charge >= 0.3 is 0 Å². The monoisotopic (exact) mass is 457 g/mol. The van der Waals surface area contributed by atoms with E-state index >= 15 is 0 Å². The molecule has 0 bridgehead atoms. The maximum absolute atomic E-state index is 10.1. The molecule has 0 amide bonds. The molecule has 176 valence electrons. The molecule has 1 saturated heterocycles. The summed E-state index contributed by atoms with van der Waals surface area (Å²) in [4.78, 5) is 4.89. The quantitative estimate of drug-likeness (QED) is 0.435. The average molecular weight is 458 g/mol. The molecule has 0 spiro atoms. The van der Waals surface area contributed by atoms with Crippen LogP contribution < -0.4 is 14.4 Å². The van der Waals surface area contributed by atoms with Crippen LogP contribution in [0.4, 0.5) is 5.69 Å². The van der Waals surface area contributed by atoms with Crippen LogP contribution in [0.3, 0.4) is 0 Å². The third-order valence-electron chi connectivity index (χ3n) is 6.63. The number of aromatic nitrogens is 1. The van der Waals surface area contributed by atoms with E-state index in [1.165, 1.54) is 16.5 Å². The van der Waals surface area contributed by atoms with E-state index < -0.39 is 0 Å². The van der Waals surface area contributed by atoms with Crippen molar-refractivity contribution in [3.8, 4) is 17.2 Å². The third-order valence-corrected chi connectivity index (χ3v) is 6.63. The van der Waals surface area contributed by atoms with E-state index in [4.69, 9.17) is 9.47 Å². The van der Waals surface area contributed by atoms with E-state index in [1.807, 2.05) is 30.3 Å². The molecular weight excluding hydrogens is 426 g/mol. The van der Waals surface area contributed by atoms with E-state index in [-0.39, 0.29) is 0 Å². The number of ether oxygens (including phenoxy) is 2. The van der Waals surface area contributed by atoms with Crippen molar-refractivity contribution in [1.29, 1.82) is 0 Å². The SMILES string of the molecule is COc1ccc(Cn2cc3cccc(N4CCN(Cc5ccccc5O)CC4)c3c2)cc1OC. The highest BCUT2D eigenvalue weighted by Crippen LogP contribution is 2.31. The Labute approximate surface area is 200 Å². The van der Waals surface area contributed by atoms with Crippen LogP contribution in [0.15, 0.2) is 73.1 Å². The van der Waals surface area contributed by atoms with Crippen molar-refractivity contribution < 1.29 is 14.6 Å². The molecule has 0 aliphatic carbocycles. The second kappa shape index (κ2) is 9.69. The lowest BCUT2D eigenvalue weighted by Crippen LogP contribution is -2.46. The average Bonchev–Trinajstić information content (AvgIpc) is 3.28. The molecule has 1 N–H and O–H groups in total. The summed E-state index contributed by atoms with van der Waals surface area (Å²) in [5.41, 5.74) is 3.44. The van der Waals surface area contributed by atoms with Crippen molar-refractivity contribution >= 4 is 16.5 Å². The second-order valence-corrected chi connectivity index (χ2v) is 8.79. The second-order valence-electron chi connectivity index (χ2n) is 8.79. The fourth-order valence-corrected chi connectivity index (χ4v) is 4.79. The standard InChI is InChI=1S/C28H31N3O3/c1-33-27-11-10-21(16-28(27)34-2)17-30-18-22-7-5-8-25(24(22)20-30)31-14-12-29(13-15-31)19-23-6-3-4-9-26(23)32/h3-11,16,18,20,32H,12-15,17,19H2,1-2H3. The Morgan fingerprint density at radius 2 is 1.59 bits per heavy atom. The van der Waals surface area contributed by atoms with E-state index in [0.29, 0.717) is 5.75 Å². The van der Waals surface area contributed by atoms with Crippen LogP contribution in [-0.2, 0) is 13.1 Å². The number of para-hydroxylation sites is 1. The predicted octanol–water partition coefficient (Wildman–Crippen LogP) is 4.73. The summed E-state index contributed by atoms with van der Waals surface area (Å²) in [6.45, 7) is 5.42. The van der Waals surface area contributed by atoms with Gasteiger partial charge in [-0.3, -0.25) is 4.90 Å². The first-order valence-electron chi connectivity index (χ1n) is 11.7. The fraction of sp³-hybridized carbons (Fsp3) is 0.286. The lowest BCUT2D eigenvalue weighted by Gasteiger charge is -2.36. The van der Waals surface area contributed by atoms with Crippen molar-refractivity contribution in [2.24, 2.45) is 0 Å². The van der Waals surface area contributed by atoms with Gasteiger partial charge in [-0.2, -0.15) is 0 Å². The number of benzene rings is 3. The lowest BCUT2D eigenvalue weighted by atomic mass is 10.1. The Hall–Kier alpha value is -3.64. The van der Waals surface area contributed by atoms with Gasteiger partial charge in [-0.25, -0.2) is 0 Å². The van der Waals surface area contributed by atoms with Gasteiger partial charge in [-0.15, -0.1) is 0 Å². The van der Waals surface area contributed by atoms with E-state index in [1.54, 1.807) is 20.3 Å². The van der Waals surface area contributed by atoms with Crippen LogP contribution in [0.5, 0.6) is 17.2 Å². The largest absolute Gasteiger partial charge is 0.508 e. The Bertz CT molecular complexity index is 1280. The number of aromatic hydroxyl groups is 1. The van der Waals surface area contributed by atoms with Crippen LogP contribution in [0, 0.1) is 0 Å². The third kappa shape index (κ3) is 4.54. The number of hydrogen-bond donors (Lipinski definition) is 1. The van der Waals surface area contributed by atoms with Crippen LogP contribution in [0.1, 0.15) is 11.1 Å². The van der Waals surface area contributed by atoms with E-state index in [2.05, 4.69) is 51.0 Å². The summed E-state index contributed by atoms with van der Waals surface area (Å²) in [6.07, 6.45) is 4.46. The van der Waals surface area contributed by atoms with Gasteiger partial charge in [0.15, 0.2) is 11.5 Å². The number of methoxy groups -OCH3 is 2. The molecule has 34 heavy (non-hydrogen) atoms. The summed E-state index contributed by atoms with van der Waals surface area (Å²) in [6, 6.07) is 20.2. The van der Waals surface area contributed by atoms with Crippen molar-refractivity contribution in [3.05, 3.63) is 84.2 Å². The molecule has 1 aromatic heterocycles. The zero-order valence-electron chi connectivity index (χ0n) is 19.8. The number of phenolic OH excluding ortho intramolecular Hbond substituents is 1. The lowest BCUT2D eigenvalue weighted by molar-refractivity contribution is 0.247. The molecule has 0 saturated carbocycles. The first-order chi connectivity index (χ1) is 16.6. The zero-order valence-corrected chi connectivity index (χ0v) is 19.8. The highest BCUT2D eigenvalue weighted by Gasteiger charge is 2.20. The number of anilines is 1. The molecule has 6 heteroatoms. The summed E-state index contributed by atoms with van der Waals surface area (Å²) >= 11 is 0. The number of nitrogens with zero attached hydrogens (tertiary/aromatic N) is 3. The van der Waals surface area contributed by atoms with Gasteiger partial charge in [-0.05, 0) is 29.8 Å². The Morgan fingerprint density at radius 1 is 0.794 bits per heavy atom. The molecule has 0 atom stereocenters. The molecule has 1 aliphatic rings. The van der Waals surface area contributed by atoms with Crippen molar-refractivity contribution in [2.45, 2.75) is 13.1 Å². The van der Waals surface area contributed by atoms with Crippen molar-refractivity contribution in [2.75, 3.05) is 45.3 Å². The molecule has 0 radical (unpaired) electrons. The van der Waals surface area contributed by atoms with E-state index in [9.17, 15) is 5.11 Å². The van der Waals surface area contributed by atoms with Gasteiger partial charge in [0, 0.05) is 73.7 Å². The highest BCUT2D eigenvalue weighted by atomic mass is 16.5. The number of fused-ring (bicyclic) bond motifs is 1. The van der Waals surface area contributed by atoms with Gasteiger partial charge in [-0.1, -0.05) is 36.4 Å². The normalized spacial score (nSPS) is 14.5. The number of rotatable bonds is 7. The number of piperazine rings is 1. The molecule has 5 rings (SSSR count). The zero-order chi connectivity index (χ0) is 23.5. The minimum Gasteiger partial charge on any atom is -0.508 e. The summed E-state index contributed by atoms with van der Waals surface area (Å²) in [5.74, 6) is 1.87. The molecule has 4 aromatic rings. The smallest absolute Gasteiger partial charge is 0.161 e. The Balaban J connectivity index is 1.30. The molecular formula is C28H31N3O3.